The lowest BCUT2D eigenvalue weighted by Gasteiger charge is -2.32. The predicted molar refractivity (Wildman–Crippen MR) is 56.0 cm³/mol. The summed E-state index contributed by atoms with van der Waals surface area (Å²) in [5, 5.41) is 12.6. The normalized spacial score (nSPS) is 29.0. The topological polar surface area (TPSA) is 66.4 Å². The van der Waals surface area contributed by atoms with Crippen molar-refractivity contribution in [2.24, 2.45) is 0 Å². The van der Waals surface area contributed by atoms with E-state index in [4.69, 9.17) is 0 Å². The van der Waals surface area contributed by atoms with Crippen LogP contribution < -0.4 is 5.32 Å². The molecule has 0 aliphatic carbocycles. The van der Waals surface area contributed by atoms with Crippen molar-refractivity contribution < 1.29 is 13.5 Å². The summed E-state index contributed by atoms with van der Waals surface area (Å²) >= 11 is 0. The van der Waals surface area contributed by atoms with Crippen molar-refractivity contribution in [3.8, 4) is 0 Å². The quantitative estimate of drug-likeness (QED) is 0.700. The van der Waals surface area contributed by atoms with Gasteiger partial charge in [0.2, 0.25) is 0 Å². The van der Waals surface area contributed by atoms with E-state index in [1.54, 1.807) is 6.92 Å². The van der Waals surface area contributed by atoms with E-state index in [9.17, 15) is 13.5 Å². The molecular weight excluding hydrogens is 202 g/mol. The van der Waals surface area contributed by atoms with Crippen LogP contribution in [-0.4, -0.2) is 42.7 Å². The fourth-order valence-corrected chi connectivity index (χ4v) is 3.23. The van der Waals surface area contributed by atoms with Crippen LogP contribution in [0.5, 0.6) is 0 Å². The zero-order chi connectivity index (χ0) is 11.0. The average Bonchev–Trinajstić information content (AvgIpc) is 2.28. The Morgan fingerprint density at radius 1 is 1.50 bits per heavy atom. The monoisotopic (exact) mass is 221 g/mol. The van der Waals surface area contributed by atoms with E-state index in [2.05, 4.69) is 5.32 Å². The fourth-order valence-electron chi connectivity index (χ4n) is 1.56. The Labute approximate surface area is 85.6 Å². The molecule has 1 saturated heterocycles. The van der Waals surface area contributed by atoms with Gasteiger partial charge in [0.05, 0.1) is 17.6 Å². The van der Waals surface area contributed by atoms with Crippen molar-refractivity contribution in [1.29, 1.82) is 0 Å². The molecule has 1 fully saturated rings. The van der Waals surface area contributed by atoms with Crippen molar-refractivity contribution in [3.63, 3.8) is 0 Å². The highest BCUT2D eigenvalue weighted by atomic mass is 32.2. The van der Waals surface area contributed by atoms with Gasteiger partial charge in [0.15, 0.2) is 9.84 Å². The molecule has 0 aromatic rings. The van der Waals surface area contributed by atoms with E-state index >= 15 is 0 Å². The first-order valence-corrected chi connectivity index (χ1v) is 6.71. The molecule has 5 heteroatoms. The molecule has 0 aromatic carbocycles. The van der Waals surface area contributed by atoms with Gasteiger partial charge >= 0.3 is 0 Å². The zero-order valence-electron chi connectivity index (χ0n) is 8.95. The first kappa shape index (κ1) is 11.9. The second kappa shape index (κ2) is 3.79. The molecule has 14 heavy (non-hydrogen) atoms. The highest BCUT2D eigenvalue weighted by Gasteiger charge is 2.33. The summed E-state index contributed by atoms with van der Waals surface area (Å²) in [7, 11) is -2.84. The Morgan fingerprint density at radius 3 is 2.43 bits per heavy atom. The molecule has 1 aliphatic rings. The summed E-state index contributed by atoms with van der Waals surface area (Å²) in [5.41, 5.74) is -0.426. The highest BCUT2D eigenvalue weighted by molar-refractivity contribution is 7.91. The molecule has 1 aliphatic heterocycles. The molecule has 0 bridgehead atoms. The molecule has 0 radical (unpaired) electrons. The lowest BCUT2D eigenvalue weighted by molar-refractivity contribution is 0.0901. The molecule has 0 saturated carbocycles. The molecule has 84 valence electrons. The van der Waals surface area contributed by atoms with E-state index in [-0.39, 0.29) is 17.5 Å². The minimum Gasteiger partial charge on any atom is -0.392 e. The van der Waals surface area contributed by atoms with Crippen molar-refractivity contribution in [3.05, 3.63) is 0 Å². The van der Waals surface area contributed by atoms with Crippen LogP contribution in [-0.2, 0) is 9.84 Å². The molecule has 1 heterocycles. The van der Waals surface area contributed by atoms with Gasteiger partial charge in [-0.3, -0.25) is 0 Å². The van der Waals surface area contributed by atoms with E-state index < -0.39 is 21.5 Å². The molecular formula is C9H19NO3S. The van der Waals surface area contributed by atoms with Gasteiger partial charge in [-0.15, -0.1) is 0 Å². The Hall–Kier alpha value is -0.130. The number of sulfone groups is 1. The van der Waals surface area contributed by atoms with Gasteiger partial charge < -0.3 is 10.4 Å². The van der Waals surface area contributed by atoms with Crippen molar-refractivity contribution in [2.45, 2.75) is 44.9 Å². The summed E-state index contributed by atoms with van der Waals surface area (Å²) in [5.74, 6) is 0.462. The van der Waals surface area contributed by atoms with Crippen molar-refractivity contribution in [1.82, 2.24) is 5.32 Å². The largest absolute Gasteiger partial charge is 0.392 e. The summed E-state index contributed by atoms with van der Waals surface area (Å²) in [4.78, 5) is 0. The summed E-state index contributed by atoms with van der Waals surface area (Å²) in [6.45, 7) is 5.46. The van der Waals surface area contributed by atoms with E-state index in [1.807, 2.05) is 13.8 Å². The van der Waals surface area contributed by atoms with Crippen LogP contribution in [0.25, 0.3) is 0 Å². The summed E-state index contributed by atoms with van der Waals surface area (Å²) in [6, 6.07) is -0.00963. The Morgan fingerprint density at radius 2 is 2.07 bits per heavy atom. The number of nitrogens with one attached hydrogen (secondary N) is 1. The van der Waals surface area contributed by atoms with Gasteiger partial charge in [0.1, 0.15) is 0 Å². The molecule has 2 atom stereocenters. The van der Waals surface area contributed by atoms with E-state index in [1.165, 1.54) is 0 Å². The third kappa shape index (κ3) is 2.93. The van der Waals surface area contributed by atoms with Gasteiger partial charge in [-0.1, -0.05) is 0 Å². The fraction of sp³-hybridized carbons (Fsp3) is 1.00. The summed E-state index contributed by atoms with van der Waals surface area (Å²) in [6.07, 6.45) is 0.157. The second-order valence-corrected chi connectivity index (χ2v) is 6.87. The minimum atomic E-state index is -2.84. The van der Waals surface area contributed by atoms with Gasteiger partial charge in [-0.25, -0.2) is 8.42 Å². The van der Waals surface area contributed by atoms with Gasteiger partial charge in [0, 0.05) is 11.6 Å². The molecule has 2 unspecified atom stereocenters. The van der Waals surface area contributed by atoms with Crippen LogP contribution in [0.15, 0.2) is 0 Å². The standard InChI is InChI=1S/C9H19NO3S/c1-7(11)9(2,3)10-8-4-5-14(12,13)6-8/h7-8,10-11H,4-6H2,1-3H3. The van der Waals surface area contributed by atoms with Crippen LogP contribution in [0, 0.1) is 0 Å². The number of rotatable bonds is 3. The summed E-state index contributed by atoms with van der Waals surface area (Å²) < 4.78 is 22.4. The van der Waals surface area contributed by atoms with Gasteiger partial charge in [0.25, 0.3) is 0 Å². The van der Waals surface area contributed by atoms with Crippen molar-refractivity contribution >= 4 is 9.84 Å². The SMILES string of the molecule is CC(O)C(C)(C)NC1CCS(=O)(=O)C1. The Bertz CT molecular complexity index is 295. The molecule has 1 rings (SSSR count). The lowest BCUT2D eigenvalue weighted by atomic mass is 9.97. The Balaban J connectivity index is 2.55. The van der Waals surface area contributed by atoms with Gasteiger partial charge in [-0.2, -0.15) is 0 Å². The third-order valence-electron chi connectivity index (χ3n) is 2.85. The lowest BCUT2D eigenvalue weighted by Crippen LogP contribution is -2.53. The molecule has 4 nitrogen and oxygen atoms in total. The number of aliphatic hydroxyl groups is 1. The Kier molecular flexibility index (Phi) is 3.23. The van der Waals surface area contributed by atoms with Crippen molar-refractivity contribution in [2.75, 3.05) is 11.5 Å². The van der Waals surface area contributed by atoms with E-state index in [0.29, 0.717) is 6.42 Å². The molecule has 0 aromatic heterocycles. The van der Waals surface area contributed by atoms with Crippen LogP contribution in [0.4, 0.5) is 0 Å². The smallest absolute Gasteiger partial charge is 0.151 e. The van der Waals surface area contributed by atoms with Crippen LogP contribution >= 0.6 is 0 Å². The maximum atomic E-state index is 11.2. The average molecular weight is 221 g/mol. The number of hydrogen-bond acceptors (Lipinski definition) is 4. The maximum Gasteiger partial charge on any atom is 0.151 e. The highest BCUT2D eigenvalue weighted by Crippen LogP contribution is 2.17. The van der Waals surface area contributed by atoms with Crippen LogP contribution in [0.2, 0.25) is 0 Å². The van der Waals surface area contributed by atoms with Gasteiger partial charge in [-0.05, 0) is 27.2 Å². The minimum absolute atomic E-state index is 0.00963. The third-order valence-corrected chi connectivity index (χ3v) is 4.62. The first-order chi connectivity index (χ1) is 6.23. The van der Waals surface area contributed by atoms with Crippen LogP contribution in [0.1, 0.15) is 27.2 Å². The predicted octanol–water partition coefficient (Wildman–Crippen LogP) is -0.0775. The molecule has 0 spiro atoms. The number of hydrogen-bond donors (Lipinski definition) is 2. The van der Waals surface area contributed by atoms with Crippen LogP contribution in [0.3, 0.4) is 0 Å². The molecule has 2 N–H and O–H groups in total. The molecule has 0 amide bonds. The maximum absolute atomic E-state index is 11.2. The van der Waals surface area contributed by atoms with E-state index in [0.717, 1.165) is 0 Å². The number of aliphatic hydroxyl groups excluding tert-OH is 1. The zero-order valence-corrected chi connectivity index (χ0v) is 9.76. The first-order valence-electron chi connectivity index (χ1n) is 4.89. The second-order valence-electron chi connectivity index (χ2n) is 4.64.